The van der Waals surface area contributed by atoms with Crippen LogP contribution in [0.5, 0.6) is 5.75 Å². The molecule has 0 atom stereocenters. The first-order valence-corrected chi connectivity index (χ1v) is 7.74. The molecular formula is C18H13ClN2O3. The number of benzene rings is 2. The van der Waals surface area contributed by atoms with Gasteiger partial charge in [0.1, 0.15) is 23.7 Å². The third kappa shape index (κ3) is 2.43. The molecule has 24 heavy (non-hydrogen) atoms. The van der Waals surface area contributed by atoms with Gasteiger partial charge in [-0.2, -0.15) is 0 Å². The van der Waals surface area contributed by atoms with Crippen LogP contribution in [-0.2, 0) is 11.3 Å². The number of nitrogens with zero attached hydrogens (tertiary/aromatic N) is 1. The van der Waals surface area contributed by atoms with Crippen LogP contribution in [0.15, 0.2) is 42.5 Å². The minimum atomic E-state index is -0.498. The summed E-state index contributed by atoms with van der Waals surface area (Å²) in [5.41, 5.74) is 3.54. The van der Waals surface area contributed by atoms with Gasteiger partial charge in [0.05, 0.1) is 7.11 Å². The second kappa shape index (κ2) is 5.69. The number of ether oxygens (including phenoxy) is 2. The molecule has 0 unspecified atom stereocenters. The first-order valence-electron chi connectivity index (χ1n) is 7.36. The molecule has 1 N–H and O–H groups in total. The molecule has 2 heterocycles. The minimum Gasteiger partial charge on any atom is -0.494 e. The molecule has 1 amide bonds. The molecule has 6 heteroatoms. The number of cyclic esters (lactones) is 1. The highest BCUT2D eigenvalue weighted by molar-refractivity contribution is 6.30. The van der Waals surface area contributed by atoms with E-state index in [4.69, 9.17) is 21.1 Å². The first-order chi connectivity index (χ1) is 11.7. The van der Waals surface area contributed by atoms with Gasteiger partial charge in [-0.05, 0) is 41.5 Å². The van der Waals surface area contributed by atoms with Crippen LogP contribution in [0, 0.1) is 0 Å². The molecule has 120 valence electrons. The summed E-state index contributed by atoms with van der Waals surface area (Å²) in [6, 6.07) is 13.4. The number of carbonyl (C=O) groups excluding carboxylic acids is 1. The number of methoxy groups -OCH3 is 1. The van der Waals surface area contributed by atoms with Gasteiger partial charge >= 0.3 is 6.09 Å². The van der Waals surface area contributed by atoms with Crippen molar-refractivity contribution in [1.82, 2.24) is 4.98 Å². The number of rotatable bonds is 2. The van der Waals surface area contributed by atoms with Crippen LogP contribution in [0.3, 0.4) is 0 Å². The summed E-state index contributed by atoms with van der Waals surface area (Å²) in [6.07, 6.45) is -0.498. The van der Waals surface area contributed by atoms with Crippen molar-refractivity contribution in [3.8, 4) is 16.9 Å². The average Bonchev–Trinajstić information content (AvgIpc) is 2.60. The van der Waals surface area contributed by atoms with E-state index >= 15 is 0 Å². The third-order valence-corrected chi connectivity index (χ3v) is 4.23. The van der Waals surface area contributed by atoms with E-state index in [1.165, 1.54) is 0 Å². The number of fused-ring (bicyclic) bond motifs is 2. The van der Waals surface area contributed by atoms with Crippen LogP contribution in [-0.4, -0.2) is 18.2 Å². The molecule has 0 saturated heterocycles. The van der Waals surface area contributed by atoms with Crippen molar-refractivity contribution in [3.63, 3.8) is 0 Å². The Hall–Kier alpha value is -2.79. The van der Waals surface area contributed by atoms with E-state index in [0.717, 1.165) is 22.1 Å². The maximum absolute atomic E-state index is 11.4. The smallest absolute Gasteiger partial charge is 0.413 e. The lowest BCUT2D eigenvalue weighted by atomic mass is 9.98. The highest BCUT2D eigenvalue weighted by Crippen LogP contribution is 2.36. The SMILES string of the molecule is COc1ccc(-c2ccc(Cl)cc2)c2cc3c(nc12)NC(=O)OC3. The van der Waals surface area contributed by atoms with Gasteiger partial charge in [-0.1, -0.05) is 23.7 Å². The van der Waals surface area contributed by atoms with Crippen LogP contribution in [0.4, 0.5) is 10.6 Å². The van der Waals surface area contributed by atoms with Crippen LogP contribution in [0.1, 0.15) is 5.56 Å². The Morgan fingerprint density at radius 3 is 2.75 bits per heavy atom. The van der Waals surface area contributed by atoms with E-state index in [-0.39, 0.29) is 6.61 Å². The molecule has 3 aromatic rings. The fraction of sp³-hybridized carbons (Fsp3) is 0.111. The molecule has 1 aliphatic rings. The molecule has 5 nitrogen and oxygen atoms in total. The predicted octanol–water partition coefficient (Wildman–Crippen LogP) is 4.63. The van der Waals surface area contributed by atoms with Crippen LogP contribution >= 0.6 is 11.6 Å². The summed E-state index contributed by atoms with van der Waals surface area (Å²) in [5.74, 6) is 1.15. The van der Waals surface area contributed by atoms with Crippen LogP contribution in [0.25, 0.3) is 22.0 Å². The Bertz CT molecular complexity index is 955. The van der Waals surface area contributed by atoms with Crippen LogP contribution in [0.2, 0.25) is 5.02 Å². The molecule has 2 aromatic carbocycles. The Morgan fingerprint density at radius 1 is 1.21 bits per heavy atom. The topological polar surface area (TPSA) is 60.5 Å². The fourth-order valence-corrected chi connectivity index (χ4v) is 2.94. The molecule has 0 bridgehead atoms. The molecule has 1 aromatic heterocycles. The summed E-state index contributed by atoms with van der Waals surface area (Å²) in [4.78, 5) is 16.0. The van der Waals surface area contributed by atoms with E-state index in [1.807, 2.05) is 42.5 Å². The van der Waals surface area contributed by atoms with Crippen molar-refractivity contribution >= 4 is 34.4 Å². The summed E-state index contributed by atoms with van der Waals surface area (Å²) in [7, 11) is 1.60. The van der Waals surface area contributed by atoms with E-state index in [9.17, 15) is 4.79 Å². The molecule has 4 rings (SSSR count). The lowest BCUT2D eigenvalue weighted by molar-refractivity contribution is 0.151. The van der Waals surface area contributed by atoms with E-state index in [0.29, 0.717) is 22.1 Å². The number of hydrogen-bond acceptors (Lipinski definition) is 4. The Labute approximate surface area is 143 Å². The number of carbonyl (C=O) groups is 1. The largest absolute Gasteiger partial charge is 0.494 e. The summed E-state index contributed by atoms with van der Waals surface area (Å²) in [6.45, 7) is 0.196. The number of pyridine rings is 1. The summed E-state index contributed by atoms with van der Waals surface area (Å²) >= 11 is 5.98. The van der Waals surface area contributed by atoms with E-state index in [1.54, 1.807) is 7.11 Å². The first kappa shape index (κ1) is 14.8. The molecule has 0 fully saturated rings. The highest BCUT2D eigenvalue weighted by atomic mass is 35.5. The maximum Gasteiger partial charge on any atom is 0.413 e. The average molecular weight is 341 g/mol. The van der Waals surface area contributed by atoms with Crippen molar-refractivity contribution in [2.75, 3.05) is 12.4 Å². The van der Waals surface area contributed by atoms with Crippen molar-refractivity contribution in [3.05, 3.63) is 53.1 Å². The second-order valence-electron chi connectivity index (χ2n) is 5.42. The maximum atomic E-state index is 11.4. The lowest BCUT2D eigenvalue weighted by Gasteiger charge is -2.19. The highest BCUT2D eigenvalue weighted by Gasteiger charge is 2.20. The molecule has 1 aliphatic heterocycles. The van der Waals surface area contributed by atoms with Crippen molar-refractivity contribution in [2.45, 2.75) is 6.61 Å². The van der Waals surface area contributed by atoms with Gasteiger partial charge in [0.15, 0.2) is 0 Å². The number of amides is 1. The standard InChI is InChI=1S/C18H13ClN2O3/c1-23-15-7-6-13(10-2-4-12(19)5-3-10)14-8-11-9-24-18(22)21-17(11)20-16(14)15/h2-8H,9H2,1H3,(H,20,21,22). The number of aromatic nitrogens is 1. The third-order valence-electron chi connectivity index (χ3n) is 3.98. The number of hydrogen-bond donors (Lipinski definition) is 1. The van der Waals surface area contributed by atoms with E-state index < -0.39 is 6.09 Å². The van der Waals surface area contributed by atoms with Crippen molar-refractivity contribution < 1.29 is 14.3 Å². The molecule has 0 spiro atoms. The quantitative estimate of drug-likeness (QED) is 0.739. The normalized spacial score (nSPS) is 13.2. The Morgan fingerprint density at radius 2 is 2.00 bits per heavy atom. The second-order valence-corrected chi connectivity index (χ2v) is 5.85. The minimum absolute atomic E-state index is 0.196. The Balaban J connectivity index is 1.98. The molecule has 0 radical (unpaired) electrons. The van der Waals surface area contributed by atoms with E-state index in [2.05, 4.69) is 10.3 Å². The fourth-order valence-electron chi connectivity index (χ4n) is 2.82. The van der Waals surface area contributed by atoms with Gasteiger partial charge in [-0.15, -0.1) is 0 Å². The predicted molar refractivity (Wildman–Crippen MR) is 92.5 cm³/mol. The Kier molecular flexibility index (Phi) is 3.50. The molecule has 0 aliphatic carbocycles. The van der Waals surface area contributed by atoms with Gasteiger partial charge in [-0.25, -0.2) is 9.78 Å². The van der Waals surface area contributed by atoms with Crippen LogP contribution < -0.4 is 10.1 Å². The monoisotopic (exact) mass is 340 g/mol. The van der Waals surface area contributed by atoms with Gasteiger partial charge in [0.2, 0.25) is 0 Å². The van der Waals surface area contributed by atoms with Crippen molar-refractivity contribution in [2.24, 2.45) is 0 Å². The van der Waals surface area contributed by atoms with Gasteiger partial charge < -0.3 is 9.47 Å². The molecular weight excluding hydrogens is 328 g/mol. The zero-order valence-corrected chi connectivity index (χ0v) is 13.6. The lowest BCUT2D eigenvalue weighted by Crippen LogP contribution is -2.21. The van der Waals surface area contributed by atoms with Gasteiger partial charge in [-0.3, -0.25) is 5.32 Å². The van der Waals surface area contributed by atoms with Crippen molar-refractivity contribution in [1.29, 1.82) is 0 Å². The number of anilines is 1. The number of nitrogens with one attached hydrogen (secondary N) is 1. The molecule has 0 saturated carbocycles. The van der Waals surface area contributed by atoms with Gasteiger partial charge in [0, 0.05) is 16.0 Å². The zero-order chi connectivity index (χ0) is 16.7. The zero-order valence-electron chi connectivity index (χ0n) is 12.8. The summed E-state index contributed by atoms with van der Waals surface area (Å²) < 4.78 is 10.5. The summed E-state index contributed by atoms with van der Waals surface area (Å²) in [5, 5.41) is 4.23. The number of halogens is 1. The van der Waals surface area contributed by atoms with Gasteiger partial charge in [0.25, 0.3) is 0 Å².